The van der Waals surface area contributed by atoms with E-state index in [0.717, 1.165) is 44.0 Å². The molecule has 1 aliphatic rings. The fourth-order valence-electron chi connectivity index (χ4n) is 5.76. The number of piperazine rings is 1. The lowest BCUT2D eigenvalue weighted by atomic mass is 9.97. The highest BCUT2D eigenvalue weighted by molar-refractivity contribution is 6.06. The van der Waals surface area contributed by atoms with E-state index >= 15 is 0 Å². The Hall–Kier alpha value is -2.67. The van der Waals surface area contributed by atoms with Crippen molar-refractivity contribution in [2.24, 2.45) is 0 Å². The molecule has 1 unspecified atom stereocenters. The van der Waals surface area contributed by atoms with Gasteiger partial charge in [0.25, 0.3) is 0 Å². The lowest BCUT2D eigenvalue weighted by Crippen LogP contribution is -2.49. The van der Waals surface area contributed by atoms with Crippen LogP contribution in [0.3, 0.4) is 0 Å². The molecule has 0 spiro atoms. The number of hydrogen-bond donors (Lipinski definition) is 2. The summed E-state index contributed by atoms with van der Waals surface area (Å²) in [6.45, 7) is 10.2. The van der Waals surface area contributed by atoms with Crippen LogP contribution in [-0.4, -0.2) is 76.6 Å². The van der Waals surface area contributed by atoms with Gasteiger partial charge in [-0.1, -0.05) is 72.3 Å². The number of β-amino-alcohol motifs (C(OH)–C–C–N with tert-alkyl or cyclic N) is 2. The molecule has 196 valence electrons. The normalized spacial score (nSPS) is 15.6. The lowest BCUT2D eigenvalue weighted by Gasteiger charge is -2.35. The molecular formula is C31H38ClN3O2. The number of aryl methyl sites for hydroxylation is 2. The zero-order valence-electron chi connectivity index (χ0n) is 21.8. The van der Waals surface area contributed by atoms with Crippen LogP contribution in [-0.2, 0) is 6.54 Å². The van der Waals surface area contributed by atoms with Gasteiger partial charge in [0, 0.05) is 50.2 Å². The van der Waals surface area contributed by atoms with E-state index in [9.17, 15) is 10.2 Å². The van der Waals surface area contributed by atoms with Gasteiger partial charge in [-0.15, -0.1) is 12.4 Å². The first-order valence-electron chi connectivity index (χ1n) is 13.0. The summed E-state index contributed by atoms with van der Waals surface area (Å²) in [5, 5.41) is 21.8. The number of rotatable bonds is 8. The van der Waals surface area contributed by atoms with Crippen LogP contribution in [0.2, 0.25) is 0 Å². The fraction of sp³-hybridized carbons (Fsp3) is 0.355. The Kier molecular flexibility index (Phi) is 9.06. The van der Waals surface area contributed by atoms with E-state index in [0.29, 0.717) is 13.1 Å². The van der Waals surface area contributed by atoms with Gasteiger partial charge < -0.3 is 14.8 Å². The van der Waals surface area contributed by atoms with Crippen LogP contribution in [0.15, 0.2) is 72.8 Å². The third-order valence-electron chi connectivity index (χ3n) is 7.34. The Morgan fingerprint density at radius 1 is 0.784 bits per heavy atom. The maximum Gasteiger partial charge on any atom is 0.0845 e. The molecule has 0 radical (unpaired) electrons. The Labute approximate surface area is 226 Å². The maximum atomic E-state index is 11.4. The molecule has 0 saturated carbocycles. The Morgan fingerprint density at radius 2 is 1.38 bits per heavy atom. The molecule has 1 aliphatic heterocycles. The number of fused-ring (bicyclic) bond motifs is 1. The summed E-state index contributed by atoms with van der Waals surface area (Å²) in [7, 11) is 0. The highest BCUT2D eigenvalue weighted by Crippen LogP contribution is 2.42. The van der Waals surface area contributed by atoms with Gasteiger partial charge in [0.15, 0.2) is 0 Å². The predicted molar refractivity (Wildman–Crippen MR) is 156 cm³/mol. The maximum absolute atomic E-state index is 11.4. The summed E-state index contributed by atoms with van der Waals surface area (Å²) >= 11 is 0. The van der Waals surface area contributed by atoms with Gasteiger partial charge >= 0.3 is 0 Å². The van der Waals surface area contributed by atoms with Crippen LogP contribution in [0, 0.1) is 13.8 Å². The van der Waals surface area contributed by atoms with Crippen LogP contribution in [0.25, 0.3) is 33.3 Å². The van der Waals surface area contributed by atoms with E-state index in [1.807, 2.05) is 0 Å². The van der Waals surface area contributed by atoms with Gasteiger partial charge in [-0.05, 0) is 36.6 Å². The van der Waals surface area contributed by atoms with Crippen LogP contribution in [0.5, 0.6) is 0 Å². The summed E-state index contributed by atoms with van der Waals surface area (Å²) in [5.74, 6) is 0. The molecule has 1 saturated heterocycles. The number of aliphatic hydroxyl groups is 2. The molecule has 37 heavy (non-hydrogen) atoms. The van der Waals surface area contributed by atoms with Crippen molar-refractivity contribution in [1.82, 2.24) is 14.4 Å². The van der Waals surface area contributed by atoms with E-state index in [2.05, 4.69) is 101 Å². The van der Waals surface area contributed by atoms with E-state index in [-0.39, 0.29) is 19.0 Å². The van der Waals surface area contributed by atoms with Crippen molar-refractivity contribution in [1.29, 1.82) is 0 Å². The van der Waals surface area contributed by atoms with Crippen LogP contribution in [0.4, 0.5) is 0 Å². The first-order chi connectivity index (χ1) is 17.5. The Bertz CT molecular complexity index is 1300. The molecule has 3 aromatic carbocycles. The van der Waals surface area contributed by atoms with Crippen LogP contribution in [0.1, 0.15) is 11.1 Å². The predicted octanol–water partition coefficient (Wildman–Crippen LogP) is 4.98. The number of nitrogens with zero attached hydrogens (tertiary/aromatic N) is 3. The molecule has 0 bridgehead atoms. The molecule has 2 N–H and O–H groups in total. The van der Waals surface area contributed by atoms with Crippen molar-refractivity contribution in [2.45, 2.75) is 26.5 Å². The van der Waals surface area contributed by atoms with Gasteiger partial charge in [0.2, 0.25) is 0 Å². The number of aliphatic hydroxyl groups excluding tert-OH is 2. The Balaban J connectivity index is 0.00000320. The first kappa shape index (κ1) is 27.4. The van der Waals surface area contributed by atoms with Crippen molar-refractivity contribution in [3.05, 3.63) is 83.9 Å². The average molecular weight is 520 g/mol. The van der Waals surface area contributed by atoms with Gasteiger partial charge in [-0.3, -0.25) is 9.80 Å². The second-order valence-corrected chi connectivity index (χ2v) is 10.1. The molecule has 5 nitrogen and oxygen atoms in total. The van der Waals surface area contributed by atoms with Crippen molar-refractivity contribution < 1.29 is 10.2 Å². The molecule has 1 atom stereocenters. The summed E-state index contributed by atoms with van der Waals surface area (Å²) in [4.78, 5) is 4.63. The van der Waals surface area contributed by atoms with Crippen molar-refractivity contribution >= 4 is 23.3 Å². The molecular weight excluding hydrogens is 482 g/mol. The number of aromatic nitrogens is 1. The molecule has 0 amide bonds. The Morgan fingerprint density at radius 3 is 2.00 bits per heavy atom. The lowest BCUT2D eigenvalue weighted by molar-refractivity contribution is 0.0598. The minimum absolute atomic E-state index is 0. The van der Waals surface area contributed by atoms with Crippen molar-refractivity contribution in [3.8, 4) is 22.4 Å². The third-order valence-corrected chi connectivity index (χ3v) is 7.34. The highest BCUT2D eigenvalue weighted by Gasteiger charge is 2.25. The van der Waals surface area contributed by atoms with Crippen molar-refractivity contribution in [3.63, 3.8) is 0 Å². The molecule has 4 aromatic rings. The molecule has 1 aromatic heterocycles. The molecule has 0 aliphatic carbocycles. The quantitative estimate of drug-likeness (QED) is 0.344. The summed E-state index contributed by atoms with van der Waals surface area (Å²) in [6, 6.07) is 25.7. The van der Waals surface area contributed by atoms with Gasteiger partial charge in [0.1, 0.15) is 0 Å². The number of halogens is 1. The van der Waals surface area contributed by atoms with Crippen molar-refractivity contribution in [2.75, 3.05) is 45.9 Å². The molecule has 2 heterocycles. The monoisotopic (exact) mass is 519 g/mol. The molecule has 6 heteroatoms. The zero-order chi connectivity index (χ0) is 25.1. The van der Waals surface area contributed by atoms with Crippen LogP contribution >= 0.6 is 12.4 Å². The minimum atomic E-state index is -0.489. The first-order valence-corrected chi connectivity index (χ1v) is 13.0. The van der Waals surface area contributed by atoms with E-state index in [4.69, 9.17) is 0 Å². The van der Waals surface area contributed by atoms with Gasteiger partial charge in [0.05, 0.1) is 30.5 Å². The topological polar surface area (TPSA) is 51.9 Å². The SMILES string of the molecule is Cc1cc(C)c2c(c1)c(-c1ccccc1)c(-c1ccccc1)n2CC(O)CN1CCN(CCO)CC1.Cl. The molecule has 1 fully saturated rings. The van der Waals surface area contributed by atoms with Crippen LogP contribution < -0.4 is 0 Å². The summed E-state index contributed by atoms with van der Waals surface area (Å²) < 4.78 is 2.36. The van der Waals surface area contributed by atoms with Gasteiger partial charge in [-0.25, -0.2) is 0 Å². The second-order valence-electron chi connectivity index (χ2n) is 10.1. The number of benzene rings is 3. The summed E-state index contributed by atoms with van der Waals surface area (Å²) in [6.07, 6.45) is -0.489. The van der Waals surface area contributed by atoms with E-state index in [1.54, 1.807) is 0 Å². The standard InChI is InChI=1S/C31H37N3O2.ClH/c1-23-19-24(2)30-28(20-23)29(25-9-5-3-6-10-25)31(26-11-7-4-8-12-26)34(30)22-27(36)21-33-15-13-32(14-16-33)17-18-35;/h3-12,19-20,27,35-36H,13-18,21-22H2,1-2H3;1H. The van der Waals surface area contributed by atoms with E-state index < -0.39 is 6.10 Å². The second kappa shape index (κ2) is 12.2. The van der Waals surface area contributed by atoms with Gasteiger partial charge in [-0.2, -0.15) is 0 Å². The average Bonchev–Trinajstić information content (AvgIpc) is 3.20. The molecule has 5 rings (SSSR count). The highest BCUT2D eigenvalue weighted by atomic mass is 35.5. The van der Waals surface area contributed by atoms with E-state index in [1.165, 1.54) is 33.2 Å². The summed E-state index contributed by atoms with van der Waals surface area (Å²) in [5.41, 5.74) is 8.43. The number of hydrogen-bond acceptors (Lipinski definition) is 4. The zero-order valence-corrected chi connectivity index (χ0v) is 22.6. The third kappa shape index (κ3) is 5.92. The fourth-order valence-corrected chi connectivity index (χ4v) is 5.76. The largest absolute Gasteiger partial charge is 0.395 e. The smallest absolute Gasteiger partial charge is 0.0845 e. The minimum Gasteiger partial charge on any atom is -0.395 e.